The monoisotopic (exact) mass is 425 g/mol. The molecule has 2 aromatic rings. The molecule has 0 bridgehead atoms. The van der Waals surface area contributed by atoms with Crippen LogP contribution >= 0.6 is 12.4 Å². The highest BCUT2D eigenvalue weighted by molar-refractivity contribution is 7.92. The highest BCUT2D eigenvalue weighted by Crippen LogP contribution is 2.31. The van der Waals surface area contributed by atoms with Crippen LogP contribution in [0.5, 0.6) is 5.75 Å². The van der Waals surface area contributed by atoms with E-state index in [1.54, 1.807) is 30.3 Å². The Morgan fingerprint density at radius 2 is 1.93 bits per heavy atom. The number of anilines is 1. The van der Waals surface area contributed by atoms with Crippen LogP contribution in [0.2, 0.25) is 0 Å². The molecule has 1 unspecified atom stereocenters. The average Bonchev–Trinajstić information content (AvgIpc) is 3.51. The molecule has 1 aliphatic rings. The predicted molar refractivity (Wildman–Crippen MR) is 111 cm³/mol. The smallest absolute Gasteiger partial charge is 0.262 e. The fourth-order valence-electron chi connectivity index (χ4n) is 2.74. The molecule has 0 aliphatic heterocycles. The lowest BCUT2D eigenvalue weighted by Gasteiger charge is -2.13. The Hall–Kier alpha value is -2.29. The van der Waals surface area contributed by atoms with Gasteiger partial charge in [0.15, 0.2) is 0 Å². The molecule has 2 aromatic carbocycles. The van der Waals surface area contributed by atoms with Crippen molar-refractivity contribution in [3.8, 4) is 5.75 Å². The fraction of sp³-hybridized carbons (Fsp3) is 0.316. The van der Waals surface area contributed by atoms with Crippen LogP contribution in [-0.4, -0.2) is 34.0 Å². The second-order valence-electron chi connectivity index (χ2n) is 6.54. The van der Waals surface area contributed by atoms with E-state index < -0.39 is 10.0 Å². The number of ether oxygens (including phenoxy) is 1. The fourth-order valence-corrected chi connectivity index (χ4v) is 3.86. The van der Waals surface area contributed by atoms with Crippen molar-refractivity contribution in [3.63, 3.8) is 0 Å². The molecule has 9 heteroatoms. The van der Waals surface area contributed by atoms with Crippen LogP contribution in [-0.2, 0) is 10.0 Å². The quantitative estimate of drug-likeness (QED) is 0.601. The Morgan fingerprint density at radius 1 is 1.21 bits per heavy atom. The number of carbonyl (C=O) groups excluding carboxylic acids is 1. The first-order chi connectivity index (χ1) is 12.9. The van der Waals surface area contributed by atoms with E-state index in [0.717, 1.165) is 12.8 Å². The van der Waals surface area contributed by atoms with Crippen LogP contribution in [0.4, 0.5) is 5.69 Å². The van der Waals surface area contributed by atoms with Gasteiger partial charge in [0.2, 0.25) is 0 Å². The summed E-state index contributed by atoms with van der Waals surface area (Å²) in [6.07, 6.45) is 2.19. The number of benzene rings is 2. The van der Waals surface area contributed by atoms with Crippen LogP contribution in [0.15, 0.2) is 53.4 Å². The molecule has 0 saturated heterocycles. The summed E-state index contributed by atoms with van der Waals surface area (Å²) in [6.45, 7) is 0.375. The zero-order valence-electron chi connectivity index (χ0n) is 15.4. The summed E-state index contributed by atoms with van der Waals surface area (Å²) in [5, 5.41) is 2.77. The largest absolute Gasteiger partial charge is 0.495 e. The molecule has 3 rings (SSSR count). The van der Waals surface area contributed by atoms with E-state index in [4.69, 9.17) is 10.5 Å². The minimum atomic E-state index is -3.87. The second kappa shape index (κ2) is 9.27. The number of sulfonamides is 1. The third-order valence-corrected chi connectivity index (χ3v) is 5.85. The van der Waals surface area contributed by atoms with Crippen LogP contribution in [0.3, 0.4) is 0 Å². The van der Waals surface area contributed by atoms with Crippen molar-refractivity contribution in [2.24, 2.45) is 11.7 Å². The zero-order chi connectivity index (χ0) is 19.4. The highest BCUT2D eigenvalue weighted by Gasteiger charge is 2.28. The van der Waals surface area contributed by atoms with E-state index in [9.17, 15) is 13.2 Å². The zero-order valence-corrected chi connectivity index (χ0v) is 17.1. The van der Waals surface area contributed by atoms with Gasteiger partial charge in [-0.3, -0.25) is 9.52 Å². The first-order valence-electron chi connectivity index (χ1n) is 8.70. The molecule has 0 spiro atoms. The Bertz CT molecular complexity index is 932. The molecule has 7 nitrogen and oxygen atoms in total. The standard InChI is InChI=1S/C19H23N3O4S.ClH/c1-26-18-8-3-2-7-17(18)22-27(24,25)15-6-4-5-14(11-15)19(23)21-12-16(20)13-9-10-13;/h2-8,11,13,16,22H,9-10,12,20H2,1H3,(H,21,23);1H. The van der Waals surface area contributed by atoms with Crippen molar-refractivity contribution >= 4 is 34.0 Å². The van der Waals surface area contributed by atoms with Crippen molar-refractivity contribution in [2.75, 3.05) is 18.4 Å². The second-order valence-corrected chi connectivity index (χ2v) is 8.23. The number of nitrogens with two attached hydrogens (primary N) is 1. The number of hydrogen-bond donors (Lipinski definition) is 3. The van der Waals surface area contributed by atoms with E-state index in [2.05, 4.69) is 10.0 Å². The number of para-hydroxylation sites is 2. The molecule has 0 radical (unpaired) electrons. The van der Waals surface area contributed by atoms with Gasteiger partial charge in [0, 0.05) is 18.2 Å². The molecule has 1 amide bonds. The third-order valence-electron chi connectivity index (χ3n) is 4.48. The van der Waals surface area contributed by atoms with E-state index in [1.165, 1.54) is 25.3 Å². The molecular weight excluding hydrogens is 402 g/mol. The first kappa shape index (κ1) is 22.0. The van der Waals surface area contributed by atoms with Gasteiger partial charge >= 0.3 is 0 Å². The van der Waals surface area contributed by atoms with Crippen molar-refractivity contribution in [2.45, 2.75) is 23.8 Å². The number of rotatable bonds is 8. The number of nitrogens with one attached hydrogen (secondary N) is 2. The molecule has 1 atom stereocenters. The highest BCUT2D eigenvalue weighted by atomic mass is 35.5. The molecule has 0 heterocycles. The van der Waals surface area contributed by atoms with Crippen LogP contribution in [0.1, 0.15) is 23.2 Å². The minimum absolute atomic E-state index is 0. The maximum Gasteiger partial charge on any atom is 0.262 e. The molecule has 1 fully saturated rings. The van der Waals surface area contributed by atoms with E-state index in [0.29, 0.717) is 23.9 Å². The number of halogens is 1. The van der Waals surface area contributed by atoms with Gasteiger partial charge < -0.3 is 15.8 Å². The van der Waals surface area contributed by atoms with Gasteiger partial charge in [-0.15, -0.1) is 12.4 Å². The lowest BCUT2D eigenvalue weighted by atomic mass is 10.2. The van der Waals surface area contributed by atoms with Gasteiger partial charge in [-0.25, -0.2) is 8.42 Å². The number of amides is 1. The van der Waals surface area contributed by atoms with Gasteiger partial charge in [0.1, 0.15) is 5.75 Å². The van der Waals surface area contributed by atoms with Gasteiger partial charge in [0.25, 0.3) is 15.9 Å². The van der Waals surface area contributed by atoms with Crippen molar-refractivity contribution in [1.82, 2.24) is 5.32 Å². The summed E-state index contributed by atoms with van der Waals surface area (Å²) in [7, 11) is -2.41. The molecule has 152 valence electrons. The molecular formula is C19H24ClN3O4S. The summed E-state index contributed by atoms with van der Waals surface area (Å²) in [4.78, 5) is 12.3. The number of carbonyl (C=O) groups is 1. The summed E-state index contributed by atoms with van der Waals surface area (Å²) in [5.41, 5.74) is 6.57. The Balaban J connectivity index is 0.00000280. The number of methoxy groups -OCH3 is 1. The third kappa shape index (κ3) is 5.37. The molecule has 0 aromatic heterocycles. The predicted octanol–water partition coefficient (Wildman–Crippen LogP) is 2.38. The SMILES string of the molecule is COc1ccccc1NS(=O)(=O)c1cccc(C(=O)NCC(N)C2CC2)c1.Cl. The molecule has 1 aliphatic carbocycles. The molecule has 4 N–H and O–H groups in total. The number of hydrogen-bond acceptors (Lipinski definition) is 5. The molecule has 28 heavy (non-hydrogen) atoms. The summed E-state index contributed by atoms with van der Waals surface area (Å²) < 4.78 is 33.0. The van der Waals surface area contributed by atoms with Gasteiger partial charge in [-0.05, 0) is 49.1 Å². The van der Waals surface area contributed by atoms with Gasteiger partial charge in [0.05, 0.1) is 17.7 Å². The summed E-state index contributed by atoms with van der Waals surface area (Å²) >= 11 is 0. The van der Waals surface area contributed by atoms with E-state index in [-0.39, 0.29) is 34.8 Å². The van der Waals surface area contributed by atoms with Crippen molar-refractivity contribution in [1.29, 1.82) is 0 Å². The van der Waals surface area contributed by atoms with E-state index in [1.807, 2.05) is 0 Å². The maximum atomic E-state index is 12.7. The lowest BCUT2D eigenvalue weighted by molar-refractivity contribution is 0.0950. The van der Waals surface area contributed by atoms with Crippen molar-refractivity contribution < 1.29 is 17.9 Å². The van der Waals surface area contributed by atoms with Gasteiger partial charge in [-0.2, -0.15) is 0 Å². The normalized spacial score (nSPS) is 14.5. The Labute approximate surface area is 171 Å². The van der Waals surface area contributed by atoms with Crippen LogP contribution < -0.4 is 20.5 Å². The van der Waals surface area contributed by atoms with E-state index >= 15 is 0 Å². The molecule has 1 saturated carbocycles. The summed E-state index contributed by atoms with van der Waals surface area (Å²) in [5.74, 6) is 0.534. The Morgan fingerprint density at radius 3 is 2.61 bits per heavy atom. The first-order valence-corrected chi connectivity index (χ1v) is 10.2. The lowest BCUT2D eigenvalue weighted by Crippen LogP contribution is -2.38. The maximum absolute atomic E-state index is 12.7. The Kier molecular flexibility index (Phi) is 7.29. The summed E-state index contributed by atoms with van der Waals surface area (Å²) in [6, 6.07) is 12.5. The van der Waals surface area contributed by atoms with Crippen molar-refractivity contribution in [3.05, 3.63) is 54.1 Å². The average molecular weight is 426 g/mol. The minimum Gasteiger partial charge on any atom is -0.495 e. The van der Waals surface area contributed by atoms with Crippen LogP contribution in [0.25, 0.3) is 0 Å². The topological polar surface area (TPSA) is 111 Å². The van der Waals surface area contributed by atoms with Gasteiger partial charge in [-0.1, -0.05) is 18.2 Å². The van der Waals surface area contributed by atoms with Crippen LogP contribution in [0, 0.1) is 5.92 Å².